The summed E-state index contributed by atoms with van der Waals surface area (Å²) in [5.41, 5.74) is -0.979. The van der Waals surface area contributed by atoms with Crippen LogP contribution in [0.4, 0.5) is 0 Å². The predicted molar refractivity (Wildman–Crippen MR) is 62.6 cm³/mol. The van der Waals surface area contributed by atoms with E-state index >= 15 is 0 Å². The number of carbonyl (C=O) groups is 1. The van der Waals surface area contributed by atoms with Gasteiger partial charge in [-0.3, -0.25) is 9.35 Å². The SMILES string of the molecule is C=CC(=O)NC(C)(CC(C)C)CS(=O)(=O)O. The molecule has 0 spiro atoms. The highest BCUT2D eigenvalue weighted by Crippen LogP contribution is 2.18. The molecule has 0 bridgehead atoms. The van der Waals surface area contributed by atoms with E-state index in [-0.39, 0.29) is 5.92 Å². The summed E-state index contributed by atoms with van der Waals surface area (Å²) in [4.78, 5) is 11.2. The van der Waals surface area contributed by atoms with Crippen molar-refractivity contribution < 1.29 is 17.8 Å². The van der Waals surface area contributed by atoms with E-state index in [0.717, 1.165) is 6.08 Å². The molecule has 16 heavy (non-hydrogen) atoms. The minimum atomic E-state index is -4.13. The Hall–Kier alpha value is -0.880. The van der Waals surface area contributed by atoms with Gasteiger partial charge in [-0.2, -0.15) is 8.42 Å². The predicted octanol–water partition coefficient (Wildman–Crippen LogP) is 0.981. The Kier molecular flexibility index (Phi) is 5.15. The molecule has 0 aliphatic heterocycles. The van der Waals surface area contributed by atoms with Crippen molar-refractivity contribution in [3.63, 3.8) is 0 Å². The summed E-state index contributed by atoms with van der Waals surface area (Å²) >= 11 is 0. The van der Waals surface area contributed by atoms with Crippen LogP contribution in [0.15, 0.2) is 12.7 Å². The number of nitrogens with one attached hydrogen (secondary N) is 1. The fourth-order valence-corrected chi connectivity index (χ4v) is 2.79. The van der Waals surface area contributed by atoms with Gasteiger partial charge in [0.25, 0.3) is 10.1 Å². The van der Waals surface area contributed by atoms with Gasteiger partial charge in [-0.25, -0.2) is 0 Å². The first-order valence-corrected chi connectivity index (χ1v) is 6.58. The molecule has 0 saturated heterocycles. The summed E-state index contributed by atoms with van der Waals surface area (Å²) in [5, 5.41) is 2.53. The standard InChI is InChI=1S/C10H19NO4S/c1-5-9(12)11-10(4,6-8(2)3)7-16(13,14)15/h5,8H,1,6-7H2,2-4H3,(H,11,12)(H,13,14,15). The summed E-state index contributed by atoms with van der Waals surface area (Å²) in [6.07, 6.45) is 1.52. The van der Waals surface area contributed by atoms with Crippen LogP contribution < -0.4 is 5.32 Å². The van der Waals surface area contributed by atoms with E-state index in [1.54, 1.807) is 6.92 Å². The van der Waals surface area contributed by atoms with Crippen molar-refractivity contribution in [1.29, 1.82) is 0 Å². The first-order chi connectivity index (χ1) is 7.08. The molecule has 0 radical (unpaired) electrons. The maximum absolute atomic E-state index is 11.2. The first kappa shape index (κ1) is 15.1. The summed E-state index contributed by atoms with van der Waals surface area (Å²) in [6.45, 7) is 8.69. The highest BCUT2D eigenvalue weighted by atomic mass is 32.2. The lowest BCUT2D eigenvalue weighted by atomic mass is 9.92. The van der Waals surface area contributed by atoms with E-state index in [1.807, 2.05) is 13.8 Å². The molecule has 5 nitrogen and oxygen atoms in total. The summed E-state index contributed by atoms with van der Waals surface area (Å²) < 4.78 is 30.6. The minimum Gasteiger partial charge on any atom is -0.346 e. The second-order valence-electron chi connectivity index (χ2n) is 4.58. The van der Waals surface area contributed by atoms with Crippen LogP contribution in [0.3, 0.4) is 0 Å². The van der Waals surface area contributed by atoms with Crippen LogP contribution in [0.1, 0.15) is 27.2 Å². The lowest BCUT2D eigenvalue weighted by Crippen LogP contribution is -2.51. The zero-order valence-electron chi connectivity index (χ0n) is 9.86. The Morgan fingerprint density at radius 2 is 2.06 bits per heavy atom. The third-order valence-corrected chi connectivity index (χ3v) is 2.97. The molecule has 1 amide bonds. The van der Waals surface area contributed by atoms with Gasteiger partial charge in [0.2, 0.25) is 5.91 Å². The topological polar surface area (TPSA) is 83.5 Å². The van der Waals surface area contributed by atoms with Crippen molar-refractivity contribution in [2.24, 2.45) is 5.92 Å². The molecular weight excluding hydrogens is 230 g/mol. The van der Waals surface area contributed by atoms with Crippen LogP contribution in [-0.4, -0.2) is 30.2 Å². The van der Waals surface area contributed by atoms with Gasteiger partial charge in [-0.05, 0) is 25.3 Å². The molecule has 0 heterocycles. The van der Waals surface area contributed by atoms with Crippen molar-refractivity contribution in [2.75, 3.05) is 5.75 Å². The average Bonchev–Trinajstić information content (AvgIpc) is 1.97. The highest BCUT2D eigenvalue weighted by Gasteiger charge is 2.31. The highest BCUT2D eigenvalue weighted by molar-refractivity contribution is 7.85. The molecule has 1 unspecified atom stereocenters. The minimum absolute atomic E-state index is 0.192. The van der Waals surface area contributed by atoms with Crippen molar-refractivity contribution in [2.45, 2.75) is 32.7 Å². The number of rotatable bonds is 6. The molecule has 0 aliphatic rings. The van der Waals surface area contributed by atoms with Gasteiger partial charge in [0.05, 0.1) is 11.3 Å². The Morgan fingerprint density at radius 1 is 1.56 bits per heavy atom. The molecule has 1 atom stereocenters. The number of amides is 1. The van der Waals surface area contributed by atoms with Gasteiger partial charge in [0, 0.05) is 0 Å². The molecule has 0 saturated carbocycles. The van der Waals surface area contributed by atoms with E-state index in [9.17, 15) is 13.2 Å². The molecule has 0 aromatic rings. The van der Waals surface area contributed by atoms with Gasteiger partial charge < -0.3 is 5.32 Å². The van der Waals surface area contributed by atoms with E-state index < -0.39 is 27.3 Å². The zero-order valence-corrected chi connectivity index (χ0v) is 10.7. The fourth-order valence-electron chi connectivity index (χ4n) is 1.80. The lowest BCUT2D eigenvalue weighted by Gasteiger charge is -2.30. The zero-order chi connectivity index (χ0) is 13.0. The van der Waals surface area contributed by atoms with Gasteiger partial charge in [0.1, 0.15) is 0 Å². The van der Waals surface area contributed by atoms with Crippen LogP contribution >= 0.6 is 0 Å². The van der Waals surface area contributed by atoms with Crippen LogP contribution in [0.2, 0.25) is 0 Å². The van der Waals surface area contributed by atoms with E-state index in [2.05, 4.69) is 11.9 Å². The van der Waals surface area contributed by atoms with E-state index in [4.69, 9.17) is 4.55 Å². The summed E-state index contributed by atoms with van der Waals surface area (Å²) in [7, 11) is -4.13. The summed E-state index contributed by atoms with van der Waals surface area (Å²) in [5.74, 6) is -0.763. The molecule has 0 aromatic carbocycles. The summed E-state index contributed by atoms with van der Waals surface area (Å²) in [6, 6.07) is 0. The molecular formula is C10H19NO4S. The molecule has 0 rings (SSSR count). The Morgan fingerprint density at radius 3 is 2.38 bits per heavy atom. The van der Waals surface area contributed by atoms with Crippen LogP contribution in [0, 0.1) is 5.92 Å². The largest absolute Gasteiger partial charge is 0.346 e. The molecule has 94 valence electrons. The quantitative estimate of drug-likeness (QED) is 0.543. The third kappa shape index (κ3) is 6.58. The van der Waals surface area contributed by atoms with Gasteiger partial charge in [-0.15, -0.1) is 0 Å². The van der Waals surface area contributed by atoms with Crippen LogP contribution in [0.25, 0.3) is 0 Å². The molecule has 0 aliphatic carbocycles. The van der Waals surface area contributed by atoms with E-state index in [1.165, 1.54) is 0 Å². The number of hydrogen-bond donors (Lipinski definition) is 2. The second-order valence-corrected chi connectivity index (χ2v) is 6.03. The van der Waals surface area contributed by atoms with Crippen LogP contribution in [0.5, 0.6) is 0 Å². The van der Waals surface area contributed by atoms with Gasteiger partial charge in [0.15, 0.2) is 0 Å². The van der Waals surface area contributed by atoms with Crippen LogP contribution in [-0.2, 0) is 14.9 Å². The Labute approximate surface area is 96.7 Å². The third-order valence-electron chi connectivity index (χ3n) is 1.97. The first-order valence-electron chi connectivity index (χ1n) is 4.98. The van der Waals surface area contributed by atoms with Crippen molar-refractivity contribution in [1.82, 2.24) is 5.32 Å². The monoisotopic (exact) mass is 249 g/mol. The molecule has 0 fully saturated rings. The molecule has 0 aromatic heterocycles. The Balaban J connectivity index is 4.87. The molecule has 2 N–H and O–H groups in total. The van der Waals surface area contributed by atoms with Gasteiger partial charge in [-0.1, -0.05) is 20.4 Å². The average molecular weight is 249 g/mol. The maximum atomic E-state index is 11.2. The number of carbonyl (C=O) groups excluding carboxylic acids is 1. The maximum Gasteiger partial charge on any atom is 0.267 e. The second kappa shape index (κ2) is 5.45. The normalized spacial score (nSPS) is 15.6. The smallest absolute Gasteiger partial charge is 0.267 e. The van der Waals surface area contributed by atoms with Crippen molar-refractivity contribution in [3.8, 4) is 0 Å². The number of hydrogen-bond acceptors (Lipinski definition) is 3. The molecule has 6 heteroatoms. The van der Waals surface area contributed by atoms with Crippen molar-refractivity contribution in [3.05, 3.63) is 12.7 Å². The lowest BCUT2D eigenvalue weighted by molar-refractivity contribution is -0.118. The Bertz CT molecular complexity index is 361. The van der Waals surface area contributed by atoms with Gasteiger partial charge >= 0.3 is 0 Å². The fraction of sp³-hybridized carbons (Fsp3) is 0.700. The van der Waals surface area contributed by atoms with E-state index in [0.29, 0.717) is 6.42 Å². The van der Waals surface area contributed by atoms with Crippen molar-refractivity contribution >= 4 is 16.0 Å².